The molecule has 1 unspecified atom stereocenters. The van der Waals surface area contributed by atoms with Gasteiger partial charge < -0.3 is 25.2 Å². The zero-order valence-electron chi connectivity index (χ0n) is 15.6. The Morgan fingerprint density at radius 1 is 1.15 bits per heavy atom. The molecule has 8 heteroatoms. The Labute approximate surface area is 158 Å². The molecule has 3 rings (SSSR count). The van der Waals surface area contributed by atoms with Crippen molar-refractivity contribution in [3.8, 4) is 0 Å². The molecule has 148 valence electrons. The van der Waals surface area contributed by atoms with Crippen molar-refractivity contribution in [2.24, 2.45) is 5.92 Å². The summed E-state index contributed by atoms with van der Waals surface area (Å²) in [6.45, 7) is 3.55. The summed E-state index contributed by atoms with van der Waals surface area (Å²) in [6.07, 6.45) is 2.13. The molecule has 2 aliphatic rings. The number of likely N-dealkylation sites (tertiary alicyclic amines) is 1. The molecule has 0 aliphatic carbocycles. The number of nitrogens with zero attached hydrogens (tertiary/aromatic N) is 2. The Kier molecular flexibility index (Phi) is 6.36. The van der Waals surface area contributed by atoms with Gasteiger partial charge >= 0.3 is 12.1 Å². The molecule has 3 amide bonds. The molecule has 7 nitrogen and oxygen atoms in total. The first kappa shape index (κ1) is 19.3. The number of carbonyl (C=O) groups is 2. The van der Waals surface area contributed by atoms with Crippen molar-refractivity contribution in [1.29, 1.82) is 0 Å². The van der Waals surface area contributed by atoms with E-state index in [4.69, 9.17) is 4.74 Å². The summed E-state index contributed by atoms with van der Waals surface area (Å²) in [5.74, 6) is 0.146. The van der Waals surface area contributed by atoms with Crippen molar-refractivity contribution in [2.45, 2.75) is 25.3 Å². The molecule has 27 heavy (non-hydrogen) atoms. The van der Waals surface area contributed by atoms with Crippen molar-refractivity contribution in [2.75, 3.05) is 44.7 Å². The summed E-state index contributed by atoms with van der Waals surface area (Å²) in [4.78, 5) is 27.5. The van der Waals surface area contributed by atoms with Crippen LogP contribution in [-0.2, 0) is 4.74 Å². The van der Waals surface area contributed by atoms with Gasteiger partial charge in [0.25, 0.3) is 0 Å². The van der Waals surface area contributed by atoms with Gasteiger partial charge in [-0.1, -0.05) is 0 Å². The molecule has 1 aromatic rings. The Morgan fingerprint density at radius 3 is 2.52 bits per heavy atom. The molecule has 2 aliphatic heterocycles. The molecule has 1 aromatic carbocycles. The molecule has 0 radical (unpaired) electrons. The van der Waals surface area contributed by atoms with E-state index in [1.807, 2.05) is 0 Å². The standard InChI is InChI=1S/C19H27FN4O3/c1-27-19(26)23-10-7-16(8-11-23)22-18(25)21-12-14-6-9-24(13-14)17-4-2-15(20)3-5-17/h2-5,14,16H,6-13H2,1H3,(H2,21,22,25). The number of benzene rings is 1. The number of nitrogens with one attached hydrogen (secondary N) is 2. The number of methoxy groups -OCH3 is 1. The number of urea groups is 1. The summed E-state index contributed by atoms with van der Waals surface area (Å²) >= 11 is 0. The highest BCUT2D eigenvalue weighted by Crippen LogP contribution is 2.23. The molecule has 2 N–H and O–H groups in total. The molecule has 0 spiro atoms. The monoisotopic (exact) mass is 378 g/mol. The number of amides is 3. The zero-order valence-corrected chi connectivity index (χ0v) is 15.6. The van der Waals surface area contributed by atoms with Gasteiger partial charge in [0.2, 0.25) is 0 Å². The van der Waals surface area contributed by atoms with Crippen molar-refractivity contribution in [1.82, 2.24) is 15.5 Å². The highest BCUT2D eigenvalue weighted by atomic mass is 19.1. The summed E-state index contributed by atoms with van der Waals surface area (Å²) in [7, 11) is 1.38. The molecule has 0 bridgehead atoms. The Bertz CT molecular complexity index is 647. The van der Waals surface area contributed by atoms with Crippen LogP contribution in [-0.4, -0.2) is 62.9 Å². The van der Waals surface area contributed by atoms with Crippen LogP contribution in [0.3, 0.4) is 0 Å². The van der Waals surface area contributed by atoms with E-state index in [1.165, 1.54) is 19.2 Å². The normalized spacial score (nSPS) is 20.4. The lowest BCUT2D eigenvalue weighted by molar-refractivity contribution is 0.110. The summed E-state index contributed by atoms with van der Waals surface area (Å²) in [5, 5.41) is 5.94. The SMILES string of the molecule is COC(=O)N1CCC(NC(=O)NCC2CCN(c3ccc(F)cc3)C2)CC1. The van der Waals surface area contributed by atoms with Crippen molar-refractivity contribution in [3.05, 3.63) is 30.1 Å². The average molecular weight is 378 g/mol. The predicted molar refractivity (Wildman–Crippen MR) is 100 cm³/mol. The minimum atomic E-state index is -0.315. The second-order valence-corrected chi connectivity index (χ2v) is 7.16. The predicted octanol–water partition coefficient (Wildman–Crippen LogP) is 2.18. The van der Waals surface area contributed by atoms with Crippen molar-refractivity contribution in [3.63, 3.8) is 0 Å². The van der Waals surface area contributed by atoms with E-state index in [1.54, 1.807) is 17.0 Å². The molecule has 2 fully saturated rings. The van der Waals surface area contributed by atoms with E-state index in [2.05, 4.69) is 15.5 Å². The van der Waals surface area contributed by atoms with Crippen LogP contribution in [0.2, 0.25) is 0 Å². The molecular formula is C19H27FN4O3. The van der Waals surface area contributed by atoms with Gasteiger partial charge in [-0.3, -0.25) is 0 Å². The minimum absolute atomic E-state index is 0.0743. The molecule has 2 saturated heterocycles. The lowest BCUT2D eigenvalue weighted by atomic mass is 10.1. The molecule has 0 saturated carbocycles. The fourth-order valence-electron chi connectivity index (χ4n) is 3.69. The van der Waals surface area contributed by atoms with Gasteiger partial charge in [-0.2, -0.15) is 0 Å². The van der Waals surface area contributed by atoms with Crippen LogP contribution >= 0.6 is 0 Å². The van der Waals surface area contributed by atoms with Crippen LogP contribution in [0.5, 0.6) is 0 Å². The van der Waals surface area contributed by atoms with Crippen LogP contribution in [0.1, 0.15) is 19.3 Å². The van der Waals surface area contributed by atoms with E-state index in [-0.39, 0.29) is 24.0 Å². The summed E-state index contributed by atoms with van der Waals surface area (Å²) < 4.78 is 17.7. The number of hydrogen-bond donors (Lipinski definition) is 2. The molecular weight excluding hydrogens is 351 g/mol. The van der Waals surface area contributed by atoms with Crippen LogP contribution < -0.4 is 15.5 Å². The third-order valence-corrected chi connectivity index (χ3v) is 5.29. The Hall–Kier alpha value is -2.51. The Morgan fingerprint density at radius 2 is 1.85 bits per heavy atom. The molecule has 1 atom stereocenters. The number of piperidine rings is 1. The largest absolute Gasteiger partial charge is 0.453 e. The van der Waals surface area contributed by atoms with E-state index in [9.17, 15) is 14.0 Å². The highest BCUT2D eigenvalue weighted by molar-refractivity contribution is 5.74. The number of rotatable bonds is 4. The van der Waals surface area contributed by atoms with Gasteiger partial charge in [-0.05, 0) is 49.4 Å². The van der Waals surface area contributed by atoms with Gasteiger partial charge in [0.15, 0.2) is 0 Å². The average Bonchev–Trinajstić information content (AvgIpc) is 3.16. The quantitative estimate of drug-likeness (QED) is 0.842. The summed E-state index contributed by atoms with van der Waals surface area (Å²) in [6, 6.07) is 6.44. The Balaban J connectivity index is 1.35. The maximum Gasteiger partial charge on any atom is 0.409 e. The van der Waals surface area contributed by atoms with Crippen LogP contribution in [0.25, 0.3) is 0 Å². The number of anilines is 1. The topological polar surface area (TPSA) is 73.9 Å². The van der Waals surface area contributed by atoms with Gasteiger partial charge in [-0.25, -0.2) is 14.0 Å². The maximum atomic E-state index is 13.0. The zero-order chi connectivity index (χ0) is 19.2. The van der Waals surface area contributed by atoms with Gasteiger partial charge in [-0.15, -0.1) is 0 Å². The first-order valence-electron chi connectivity index (χ1n) is 9.43. The van der Waals surface area contributed by atoms with Gasteiger partial charge in [0.05, 0.1) is 7.11 Å². The second-order valence-electron chi connectivity index (χ2n) is 7.16. The first-order chi connectivity index (χ1) is 13.0. The minimum Gasteiger partial charge on any atom is -0.453 e. The highest BCUT2D eigenvalue weighted by Gasteiger charge is 2.26. The third kappa shape index (κ3) is 5.24. The number of ether oxygens (including phenoxy) is 1. The fourth-order valence-corrected chi connectivity index (χ4v) is 3.69. The second kappa shape index (κ2) is 8.92. The van der Waals surface area contributed by atoms with Crippen molar-refractivity contribution >= 4 is 17.8 Å². The van der Waals surface area contributed by atoms with Crippen LogP contribution in [0.15, 0.2) is 24.3 Å². The lowest BCUT2D eigenvalue weighted by Gasteiger charge is -2.31. The maximum absolute atomic E-state index is 13.0. The third-order valence-electron chi connectivity index (χ3n) is 5.29. The number of halogens is 1. The van der Waals surface area contributed by atoms with E-state index in [0.717, 1.165) is 38.0 Å². The van der Waals surface area contributed by atoms with Crippen LogP contribution in [0, 0.1) is 11.7 Å². The summed E-state index contributed by atoms with van der Waals surface area (Å²) in [5.41, 5.74) is 1.01. The van der Waals surface area contributed by atoms with Gasteiger partial charge in [0, 0.05) is 44.5 Å². The van der Waals surface area contributed by atoms with Crippen LogP contribution in [0.4, 0.5) is 19.7 Å². The lowest BCUT2D eigenvalue weighted by Crippen LogP contribution is -2.49. The number of carbonyl (C=O) groups excluding carboxylic acids is 2. The fraction of sp³-hybridized carbons (Fsp3) is 0.579. The molecule has 0 aromatic heterocycles. The number of hydrogen-bond acceptors (Lipinski definition) is 4. The smallest absolute Gasteiger partial charge is 0.409 e. The van der Waals surface area contributed by atoms with E-state index in [0.29, 0.717) is 25.6 Å². The van der Waals surface area contributed by atoms with Gasteiger partial charge in [0.1, 0.15) is 5.82 Å². The molecule has 2 heterocycles. The van der Waals surface area contributed by atoms with Crippen molar-refractivity contribution < 1.29 is 18.7 Å². The first-order valence-corrected chi connectivity index (χ1v) is 9.43. The van der Waals surface area contributed by atoms with E-state index < -0.39 is 0 Å². The van der Waals surface area contributed by atoms with E-state index >= 15 is 0 Å².